The molecule has 0 bridgehead atoms. The van der Waals surface area contributed by atoms with E-state index in [1.165, 1.54) is 0 Å². The number of Topliss-reactive ketones (excluding diaryl/α,β-unsaturated/α-hetero) is 1. The molecule has 6 aliphatic rings. The van der Waals surface area contributed by atoms with Crippen molar-refractivity contribution in [3.63, 3.8) is 0 Å². The van der Waals surface area contributed by atoms with Crippen molar-refractivity contribution in [3.8, 4) is 0 Å². The van der Waals surface area contributed by atoms with Crippen molar-refractivity contribution in [2.75, 3.05) is 6.61 Å². The van der Waals surface area contributed by atoms with Gasteiger partial charge in [0.05, 0.1) is 12.7 Å². The highest BCUT2D eigenvalue weighted by atomic mass is 16.7. The van der Waals surface area contributed by atoms with E-state index in [1.54, 1.807) is 0 Å². The van der Waals surface area contributed by atoms with Crippen LogP contribution in [0.4, 0.5) is 0 Å². The molecular formula is C33H50O11. The zero-order valence-corrected chi connectivity index (χ0v) is 26.3. The van der Waals surface area contributed by atoms with Crippen molar-refractivity contribution in [3.05, 3.63) is 0 Å². The molecular weight excluding hydrogens is 572 g/mol. The summed E-state index contributed by atoms with van der Waals surface area (Å²) >= 11 is 0. The second-order valence-electron chi connectivity index (χ2n) is 15.6. The Hall–Kier alpha value is -1.63. The van der Waals surface area contributed by atoms with Gasteiger partial charge in [0, 0.05) is 30.1 Å². The van der Waals surface area contributed by atoms with Crippen molar-refractivity contribution in [1.29, 1.82) is 0 Å². The van der Waals surface area contributed by atoms with E-state index in [9.17, 15) is 34.8 Å². The molecule has 1 spiro atoms. The minimum Gasteiger partial charge on any atom is -0.479 e. The molecule has 6 fully saturated rings. The van der Waals surface area contributed by atoms with Crippen molar-refractivity contribution in [1.82, 2.24) is 0 Å². The van der Waals surface area contributed by atoms with E-state index in [4.69, 9.17) is 19.3 Å². The van der Waals surface area contributed by atoms with E-state index >= 15 is 0 Å². The van der Waals surface area contributed by atoms with E-state index in [2.05, 4.69) is 27.7 Å². The molecule has 5 N–H and O–H groups in total. The maximum Gasteiger partial charge on any atom is 0.338 e. The van der Waals surface area contributed by atoms with Gasteiger partial charge in [-0.15, -0.1) is 0 Å². The van der Waals surface area contributed by atoms with Gasteiger partial charge >= 0.3 is 11.9 Å². The fourth-order valence-corrected chi connectivity index (χ4v) is 10.9. The first-order chi connectivity index (χ1) is 20.6. The largest absolute Gasteiger partial charge is 0.479 e. The fourth-order valence-electron chi connectivity index (χ4n) is 10.9. The van der Waals surface area contributed by atoms with Gasteiger partial charge in [0.25, 0.3) is 0 Å². The lowest BCUT2D eigenvalue weighted by molar-refractivity contribution is -0.272. The molecule has 4 aliphatic carbocycles. The van der Waals surface area contributed by atoms with Gasteiger partial charge in [0.1, 0.15) is 24.1 Å². The first-order valence-corrected chi connectivity index (χ1v) is 16.6. The van der Waals surface area contributed by atoms with Gasteiger partial charge < -0.3 is 39.7 Å². The number of esters is 1. The number of hydrogen-bond donors (Lipinski definition) is 5. The topological polar surface area (TPSA) is 180 Å². The van der Waals surface area contributed by atoms with Gasteiger partial charge in [-0.1, -0.05) is 27.7 Å². The Balaban J connectivity index is 1.12. The zero-order chi connectivity index (χ0) is 31.9. The molecule has 0 aromatic heterocycles. The highest BCUT2D eigenvalue weighted by molar-refractivity contribution is 5.87. The maximum atomic E-state index is 14.3. The van der Waals surface area contributed by atoms with Crippen LogP contribution in [-0.4, -0.2) is 92.3 Å². The summed E-state index contributed by atoms with van der Waals surface area (Å²) in [5.74, 6) is -1.20. The van der Waals surface area contributed by atoms with Crippen LogP contribution in [0.3, 0.4) is 0 Å². The average Bonchev–Trinajstić information content (AvgIpc) is 3.44. The number of carbonyl (C=O) groups excluding carboxylic acids is 2. The highest BCUT2D eigenvalue weighted by Gasteiger charge is 2.71. The number of ether oxygens (including phenoxy) is 3. The molecule has 11 nitrogen and oxygen atoms in total. The zero-order valence-electron chi connectivity index (χ0n) is 26.3. The molecule has 44 heavy (non-hydrogen) atoms. The van der Waals surface area contributed by atoms with Crippen LogP contribution in [0.15, 0.2) is 0 Å². The Kier molecular flexibility index (Phi) is 8.27. The molecule has 248 valence electrons. The number of carboxylic acid groups (broad SMARTS) is 1. The third kappa shape index (κ3) is 4.78. The van der Waals surface area contributed by atoms with Crippen LogP contribution in [-0.2, 0) is 28.6 Å². The molecule has 11 heteroatoms. The molecule has 0 aromatic carbocycles. The van der Waals surface area contributed by atoms with Gasteiger partial charge in [-0.05, 0) is 80.0 Å². The summed E-state index contributed by atoms with van der Waals surface area (Å²) in [7, 11) is 0. The minimum atomic E-state index is -2.36. The Morgan fingerprint density at radius 1 is 0.932 bits per heavy atom. The summed E-state index contributed by atoms with van der Waals surface area (Å²) < 4.78 is 18.7. The molecule has 16 atom stereocenters. The van der Waals surface area contributed by atoms with Crippen LogP contribution in [0.2, 0.25) is 0 Å². The lowest BCUT2D eigenvalue weighted by Gasteiger charge is -2.60. The van der Waals surface area contributed by atoms with E-state index in [-0.39, 0.29) is 41.1 Å². The number of rotatable bonds is 6. The maximum absolute atomic E-state index is 14.3. The first kappa shape index (κ1) is 32.3. The van der Waals surface area contributed by atoms with Crippen molar-refractivity contribution >= 4 is 17.7 Å². The SMILES string of the molecule is C[C@@H]1CC[C@@]2(OC1)OC1CC3C4CC[C@H]5C[C@@H](OC(=O)[C@H](O)[C@@H](O)[C@H](O)[C@H](O)C(=O)O)CC[C@]5(C)C4CC(=O)[C@]3(C)C1[C@@H]2C. The number of hydrogen-bond acceptors (Lipinski definition) is 10. The predicted molar refractivity (Wildman–Crippen MR) is 154 cm³/mol. The van der Waals surface area contributed by atoms with Gasteiger partial charge in [-0.2, -0.15) is 0 Å². The van der Waals surface area contributed by atoms with E-state index in [1.807, 2.05) is 0 Å². The van der Waals surface area contributed by atoms with Gasteiger partial charge in [0.2, 0.25) is 0 Å². The van der Waals surface area contributed by atoms with Gasteiger partial charge in [-0.3, -0.25) is 4.79 Å². The van der Waals surface area contributed by atoms with Crippen molar-refractivity contribution in [2.24, 2.45) is 52.3 Å². The number of ketones is 1. The fraction of sp³-hybridized carbons (Fsp3) is 0.909. The Morgan fingerprint density at radius 3 is 2.30 bits per heavy atom. The molecule has 2 aliphatic heterocycles. The number of carboxylic acids is 1. The monoisotopic (exact) mass is 622 g/mol. The van der Waals surface area contributed by atoms with Gasteiger partial charge in [-0.25, -0.2) is 9.59 Å². The number of aliphatic hydroxyl groups is 4. The summed E-state index contributed by atoms with van der Waals surface area (Å²) in [6.07, 6.45) is -2.35. The van der Waals surface area contributed by atoms with Crippen molar-refractivity contribution in [2.45, 2.75) is 128 Å². The van der Waals surface area contributed by atoms with Crippen LogP contribution in [0.1, 0.15) is 85.5 Å². The first-order valence-electron chi connectivity index (χ1n) is 16.6. The van der Waals surface area contributed by atoms with Crippen LogP contribution in [0, 0.1) is 52.3 Å². The number of carbonyl (C=O) groups is 3. The van der Waals surface area contributed by atoms with Crippen LogP contribution < -0.4 is 0 Å². The molecule has 0 aromatic rings. The van der Waals surface area contributed by atoms with Crippen LogP contribution >= 0.6 is 0 Å². The number of fused-ring (bicyclic) bond motifs is 7. The lowest BCUT2D eigenvalue weighted by Crippen LogP contribution is -2.58. The van der Waals surface area contributed by atoms with Crippen LogP contribution in [0.5, 0.6) is 0 Å². The van der Waals surface area contributed by atoms with E-state index in [0.29, 0.717) is 43.5 Å². The smallest absolute Gasteiger partial charge is 0.338 e. The highest BCUT2D eigenvalue weighted by Crippen LogP contribution is 2.70. The third-order valence-electron chi connectivity index (χ3n) is 13.5. The quantitative estimate of drug-likeness (QED) is 0.274. The lowest BCUT2D eigenvalue weighted by atomic mass is 9.44. The Morgan fingerprint density at radius 2 is 1.64 bits per heavy atom. The third-order valence-corrected chi connectivity index (χ3v) is 13.5. The van der Waals surface area contributed by atoms with E-state index < -0.39 is 53.7 Å². The average molecular weight is 623 g/mol. The molecule has 2 heterocycles. The summed E-state index contributed by atoms with van der Waals surface area (Å²) in [6.45, 7) is 9.64. The summed E-state index contributed by atoms with van der Waals surface area (Å²) in [4.78, 5) is 37.8. The molecule has 5 unspecified atom stereocenters. The number of aliphatic carboxylic acids is 1. The summed E-state index contributed by atoms with van der Waals surface area (Å²) in [5.41, 5.74) is -0.524. The van der Waals surface area contributed by atoms with E-state index in [0.717, 1.165) is 38.5 Å². The second kappa shape index (κ2) is 11.3. The van der Waals surface area contributed by atoms with Gasteiger partial charge in [0.15, 0.2) is 18.0 Å². The van der Waals surface area contributed by atoms with Crippen LogP contribution in [0.25, 0.3) is 0 Å². The van der Waals surface area contributed by atoms with Crippen molar-refractivity contribution < 1.29 is 54.1 Å². The minimum absolute atomic E-state index is 0.0358. The molecule has 0 radical (unpaired) electrons. The second-order valence-corrected chi connectivity index (χ2v) is 15.6. The normalized spacial score (nSPS) is 49.2. The molecule has 6 rings (SSSR count). The summed E-state index contributed by atoms with van der Waals surface area (Å²) in [6, 6.07) is 0. The predicted octanol–water partition coefficient (Wildman–Crippen LogP) is 2.05. The molecule has 0 amide bonds. The molecule has 2 saturated heterocycles. The number of aliphatic hydroxyl groups excluding tert-OH is 4. The Labute approximate surface area is 258 Å². The Bertz CT molecular complexity index is 1150. The summed E-state index contributed by atoms with van der Waals surface area (Å²) in [5, 5.41) is 48.5. The molecule has 4 saturated carbocycles. The standard InChI is InChI=1S/C33H50O11/c1-15-7-10-33(42-14-15)16(2)24-22(44-33)12-21-19-6-5-17-11-18(8-9-31(17,3)20(19)13-23(34)32(21,24)4)43-30(41)28(38)26(36)25(35)27(37)29(39)40/h15-22,24-28,35-38H,5-14H2,1-4H3,(H,39,40)/t15-,16+,17+,18+,19?,20?,21?,22?,24?,25+,26+,27+,28-,31+,32-,33-/m1/s1.